The van der Waals surface area contributed by atoms with Crippen molar-refractivity contribution in [2.75, 3.05) is 6.61 Å². The third kappa shape index (κ3) is 1.22. The molecule has 0 amide bonds. The van der Waals surface area contributed by atoms with E-state index in [4.69, 9.17) is 4.74 Å². The van der Waals surface area contributed by atoms with Gasteiger partial charge in [0.05, 0.1) is 12.0 Å². The van der Waals surface area contributed by atoms with Crippen LogP contribution in [0.1, 0.15) is 29.3 Å². The molecular formula is C18H16O2. The Balaban J connectivity index is 2.04. The second kappa shape index (κ2) is 3.72. The lowest BCUT2D eigenvalue weighted by Crippen LogP contribution is -2.38. The summed E-state index contributed by atoms with van der Waals surface area (Å²) in [6, 6.07) is 7.79. The molecule has 100 valence electrons. The van der Waals surface area contributed by atoms with Crippen molar-refractivity contribution in [3.8, 4) is 0 Å². The lowest BCUT2D eigenvalue weighted by atomic mass is 9.61. The number of hydrogen-bond donors (Lipinski definition) is 0. The molecule has 0 fully saturated rings. The van der Waals surface area contributed by atoms with Crippen LogP contribution in [-0.2, 0) is 4.74 Å². The normalized spacial score (nSPS) is 30.4. The third-order valence-electron chi connectivity index (χ3n) is 4.88. The summed E-state index contributed by atoms with van der Waals surface area (Å²) < 4.78 is 5.98. The molecule has 0 aromatic heterocycles. The number of Topliss-reactive ketones (excluding diaryl/α,β-unsaturated/α-hetero) is 1. The molecule has 2 atom stereocenters. The number of allylic oxidation sites excluding steroid dienone is 2. The number of ketones is 1. The van der Waals surface area contributed by atoms with E-state index in [-0.39, 0.29) is 11.7 Å². The number of hydrogen-bond acceptors (Lipinski definition) is 2. The molecule has 0 unspecified atom stereocenters. The van der Waals surface area contributed by atoms with E-state index in [0.717, 1.165) is 23.3 Å². The van der Waals surface area contributed by atoms with Crippen LogP contribution in [0.4, 0.5) is 0 Å². The Kier molecular flexibility index (Phi) is 2.18. The molecule has 0 saturated carbocycles. The van der Waals surface area contributed by atoms with Gasteiger partial charge in [-0.2, -0.15) is 0 Å². The summed E-state index contributed by atoms with van der Waals surface area (Å²) in [5.74, 6) is 1.35. The van der Waals surface area contributed by atoms with E-state index in [1.54, 1.807) is 0 Å². The second-order valence-corrected chi connectivity index (χ2v) is 5.93. The van der Waals surface area contributed by atoms with E-state index in [9.17, 15) is 4.79 Å². The molecule has 1 aromatic rings. The predicted molar refractivity (Wildman–Crippen MR) is 78.1 cm³/mol. The van der Waals surface area contributed by atoms with Crippen molar-refractivity contribution in [1.29, 1.82) is 0 Å². The molecule has 1 heterocycles. The highest BCUT2D eigenvalue weighted by molar-refractivity contribution is 6.10. The number of rotatable bonds is 1. The zero-order valence-corrected chi connectivity index (χ0v) is 11.5. The number of fused-ring (bicyclic) bond motifs is 2. The van der Waals surface area contributed by atoms with E-state index in [1.807, 2.05) is 30.3 Å². The monoisotopic (exact) mass is 264 g/mol. The van der Waals surface area contributed by atoms with Crippen molar-refractivity contribution in [1.82, 2.24) is 0 Å². The van der Waals surface area contributed by atoms with Crippen molar-refractivity contribution in [3.05, 3.63) is 65.3 Å². The molecule has 0 bridgehead atoms. The van der Waals surface area contributed by atoms with Gasteiger partial charge in [-0.05, 0) is 24.5 Å². The lowest BCUT2D eigenvalue weighted by Gasteiger charge is -2.39. The molecule has 3 aliphatic rings. The summed E-state index contributed by atoms with van der Waals surface area (Å²) in [6.45, 7) is 6.57. The molecule has 0 N–H and O–H groups in total. The number of benzene rings is 1. The van der Waals surface area contributed by atoms with Gasteiger partial charge in [-0.1, -0.05) is 43.0 Å². The molecule has 0 saturated heterocycles. The van der Waals surface area contributed by atoms with Gasteiger partial charge in [0.15, 0.2) is 5.78 Å². The van der Waals surface area contributed by atoms with Crippen molar-refractivity contribution in [2.45, 2.75) is 13.3 Å². The maximum Gasteiger partial charge on any atom is 0.173 e. The predicted octanol–water partition coefficient (Wildman–Crippen LogP) is 3.76. The fraction of sp³-hybridized carbons (Fsp3) is 0.278. The van der Waals surface area contributed by atoms with Gasteiger partial charge >= 0.3 is 0 Å². The Morgan fingerprint density at radius 1 is 1.35 bits per heavy atom. The topological polar surface area (TPSA) is 26.3 Å². The average Bonchev–Trinajstić information content (AvgIpc) is 2.92. The van der Waals surface area contributed by atoms with Crippen molar-refractivity contribution in [3.63, 3.8) is 0 Å². The Hall–Kier alpha value is -2.09. The highest BCUT2D eigenvalue weighted by Crippen LogP contribution is 2.55. The van der Waals surface area contributed by atoms with E-state index in [1.165, 1.54) is 11.1 Å². The Labute approximate surface area is 118 Å². The maximum atomic E-state index is 12.9. The maximum absolute atomic E-state index is 12.9. The smallest absolute Gasteiger partial charge is 0.173 e. The number of ether oxygens (including phenoxy) is 1. The quantitative estimate of drug-likeness (QED) is 0.772. The van der Waals surface area contributed by atoms with E-state index >= 15 is 0 Å². The van der Waals surface area contributed by atoms with Crippen LogP contribution in [0.25, 0.3) is 5.76 Å². The number of carbonyl (C=O) groups is 1. The van der Waals surface area contributed by atoms with Crippen LogP contribution in [0.3, 0.4) is 0 Å². The molecule has 1 aliphatic heterocycles. The van der Waals surface area contributed by atoms with E-state index in [2.05, 4.69) is 19.6 Å². The largest absolute Gasteiger partial charge is 0.492 e. The zero-order chi connectivity index (χ0) is 13.9. The van der Waals surface area contributed by atoms with Crippen molar-refractivity contribution < 1.29 is 9.53 Å². The van der Waals surface area contributed by atoms with Crippen LogP contribution >= 0.6 is 0 Å². The molecule has 0 radical (unpaired) electrons. The van der Waals surface area contributed by atoms with Crippen LogP contribution < -0.4 is 0 Å². The first-order valence-electron chi connectivity index (χ1n) is 7.01. The Bertz CT molecular complexity index is 708. The van der Waals surface area contributed by atoms with E-state index < -0.39 is 5.41 Å². The highest BCUT2D eigenvalue weighted by Gasteiger charge is 2.51. The van der Waals surface area contributed by atoms with Crippen molar-refractivity contribution >= 4 is 11.5 Å². The number of carbonyl (C=O) groups excluding carboxylic acids is 1. The zero-order valence-electron chi connectivity index (χ0n) is 11.5. The first-order chi connectivity index (χ1) is 9.66. The van der Waals surface area contributed by atoms with Crippen LogP contribution in [0.15, 0.2) is 54.1 Å². The van der Waals surface area contributed by atoms with Crippen molar-refractivity contribution in [2.24, 2.45) is 11.3 Å². The van der Waals surface area contributed by atoms with Gasteiger partial charge in [-0.3, -0.25) is 4.79 Å². The molecular weight excluding hydrogens is 248 g/mol. The molecule has 1 aromatic carbocycles. The van der Waals surface area contributed by atoms with Gasteiger partial charge in [0.25, 0.3) is 0 Å². The first-order valence-corrected chi connectivity index (χ1v) is 7.01. The summed E-state index contributed by atoms with van der Waals surface area (Å²) in [5, 5.41) is 0. The lowest BCUT2D eigenvalue weighted by molar-refractivity contribution is 0.0845. The summed E-state index contributed by atoms with van der Waals surface area (Å²) in [7, 11) is 0. The highest BCUT2D eigenvalue weighted by atomic mass is 16.5. The second-order valence-electron chi connectivity index (χ2n) is 5.93. The average molecular weight is 264 g/mol. The molecule has 0 spiro atoms. The Morgan fingerprint density at radius 2 is 2.10 bits per heavy atom. The summed E-state index contributed by atoms with van der Waals surface area (Å²) >= 11 is 0. The minimum atomic E-state index is -0.447. The minimum absolute atomic E-state index is 0.193. The molecule has 4 rings (SSSR count). The van der Waals surface area contributed by atoms with Crippen LogP contribution in [-0.4, -0.2) is 12.4 Å². The fourth-order valence-corrected chi connectivity index (χ4v) is 3.80. The molecule has 2 nitrogen and oxygen atoms in total. The van der Waals surface area contributed by atoms with Gasteiger partial charge in [-0.25, -0.2) is 0 Å². The van der Waals surface area contributed by atoms with E-state index in [0.29, 0.717) is 6.61 Å². The Morgan fingerprint density at radius 3 is 2.85 bits per heavy atom. The SMILES string of the molecule is C=CC1=CC[C@]2(C)C(=O)c3ccccc3C3=C2[C@@H]1CO3. The van der Waals surface area contributed by atoms with Gasteiger partial charge in [0.2, 0.25) is 0 Å². The van der Waals surface area contributed by atoms with Gasteiger partial charge in [0, 0.05) is 17.0 Å². The van der Waals surface area contributed by atoms with Gasteiger partial charge < -0.3 is 4.74 Å². The van der Waals surface area contributed by atoms with Crippen LogP contribution in [0.2, 0.25) is 0 Å². The van der Waals surface area contributed by atoms with Gasteiger partial charge in [-0.15, -0.1) is 0 Å². The minimum Gasteiger partial charge on any atom is -0.492 e. The molecule has 20 heavy (non-hydrogen) atoms. The summed E-state index contributed by atoms with van der Waals surface area (Å²) in [6.07, 6.45) is 4.79. The van der Waals surface area contributed by atoms with Gasteiger partial charge in [0.1, 0.15) is 5.76 Å². The first kappa shape index (κ1) is 11.7. The molecule has 2 aliphatic carbocycles. The fourth-order valence-electron chi connectivity index (χ4n) is 3.80. The summed E-state index contributed by atoms with van der Waals surface area (Å²) in [4.78, 5) is 12.9. The third-order valence-corrected chi connectivity index (χ3v) is 4.88. The summed E-state index contributed by atoms with van der Waals surface area (Å²) in [5.41, 5.74) is 3.66. The van der Waals surface area contributed by atoms with Crippen LogP contribution in [0.5, 0.6) is 0 Å². The van der Waals surface area contributed by atoms with Crippen LogP contribution in [0, 0.1) is 11.3 Å². The standard InChI is InChI=1S/C18H16O2/c1-3-11-8-9-18(2)15-14(11)10-20-16(15)12-6-4-5-7-13(12)17(18)19/h3-8,14H,1,9-10H2,2H3/t14-,18+/m1/s1. The molecule has 2 heteroatoms.